The van der Waals surface area contributed by atoms with E-state index in [1.165, 1.54) is 7.11 Å². The molecule has 0 bridgehead atoms. The van der Waals surface area contributed by atoms with Crippen LogP contribution in [0, 0.1) is 0 Å². The number of ether oxygens (including phenoxy) is 1. The first kappa shape index (κ1) is 17.5. The van der Waals surface area contributed by atoms with E-state index in [0.717, 1.165) is 6.42 Å². The number of hydrogen-bond acceptors (Lipinski definition) is 4. The third-order valence-electron chi connectivity index (χ3n) is 3.44. The van der Waals surface area contributed by atoms with Crippen molar-refractivity contribution in [2.45, 2.75) is 49.8 Å². The molecule has 118 valence electrons. The van der Waals surface area contributed by atoms with Gasteiger partial charge in [-0.15, -0.1) is 0 Å². The van der Waals surface area contributed by atoms with Crippen molar-refractivity contribution in [2.24, 2.45) is 0 Å². The smallest absolute Gasteiger partial charge is 0.236 e. The molecule has 6 heteroatoms. The van der Waals surface area contributed by atoms with Crippen LogP contribution in [0.4, 0.5) is 5.69 Å². The van der Waals surface area contributed by atoms with Crippen molar-refractivity contribution in [3.8, 4) is 5.75 Å². The van der Waals surface area contributed by atoms with Gasteiger partial charge in [0.25, 0.3) is 0 Å². The Morgan fingerprint density at radius 2 is 2.10 bits per heavy atom. The zero-order valence-corrected chi connectivity index (χ0v) is 14.0. The molecule has 1 rings (SSSR count). The summed E-state index contributed by atoms with van der Waals surface area (Å²) in [6.45, 7) is 7.51. The number of carbonyl (C=O) groups is 1. The van der Waals surface area contributed by atoms with Crippen LogP contribution in [0.3, 0.4) is 0 Å². The van der Waals surface area contributed by atoms with Gasteiger partial charge in [0.1, 0.15) is 11.0 Å². The van der Waals surface area contributed by atoms with Crippen LogP contribution >= 0.6 is 0 Å². The molecule has 21 heavy (non-hydrogen) atoms. The predicted octanol–water partition coefficient (Wildman–Crippen LogP) is 2.08. The van der Waals surface area contributed by atoms with Crippen molar-refractivity contribution in [3.05, 3.63) is 18.2 Å². The average Bonchev–Trinajstić information content (AvgIpc) is 2.45. The molecular weight excluding hydrogens is 288 g/mol. The first-order valence-corrected chi connectivity index (χ1v) is 8.09. The summed E-state index contributed by atoms with van der Waals surface area (Å²) in [6, 6.07) is 4.89. The molecule has 1 aromatic rings. The van der Waals surface area contributed by atoms with Gasteiger partial charge in [-0.2, -0.15) is 0 Å². The van der Waals surface area contributed by atoms with E-state index in [0.29, 0.717) is 16.3 Å². The van der Waals surface area contributed by atoms with Crippen molar-refractivity contribution in [1.82, 2.24) is 5.32 Å². The summed E-state index contributed by atoms with van der Waals surface area (Å²) >= 11 is 0. The standard InChI is InChI=1S/C15H24N2O3S/c1-6-15(3,4)17-14(18)10(2)21(19)13-8-7-11(16)9-12(13)20-5/h7-10H,6,16H2,1-5H3,(H,17,18). The fraction of sp³-hybridized carbons (Fsp3) is 0.533. The first-order valence-electron chi connectivity index (χ1n) is 6.88. The van der Waals surface area contributed by atoms with Crippen molar-refractivity contribution >= 4 is 22.4 Å². The normalized spacial score (nSPS) is 14.3. The third kappa shape index (κ3) is 4.46. The lowest BCUT2D eigenvalue weighted by Gasteiger charge is -2.26. The minimum Gasteiger partial charge on any atom is -0.495 e. The van der Waals surface area contributed by atoms with Gasteiger partial charge in [-0.05, 0) is 39.3 Å². The number of benzene rings is 1. The van der Waals surface area contributed by atoms with Gasteiger partial charge in [0, 0.05) is 17.3 Å². The molecule has 0 fully saturated rings. The summed E-state index contributed by atoms with van der Waals surface area (Å²) in [5.41, 5.74) is 5.89. The molecule has 2 unspecified atom stereocenters. The molecule has 1 aromatic carbocycles. The Hall–Kier alpha value is -1.56. The van der Waals surface area contributed by atoms with Crippen LogP contribution in [0.15, 0.2) is 23.1 Å². The molecule has 3 N–H and O–H groups in total. The van der Waals surface area contributed by atoms with Gasteiger partial charge in [0.2, 0.25) is 5.91 Å². The summed E-state index contributed by atoms with van der Waals surface area (Å²) < 4.78 is 17.8. The van der Waals surface area contributed by atoms with Crippen molar-refractivity contribution < 1.29 is 13.7 Å². The number of rotatable bonds is 6. The Labute approximate surface area is 128 Å². The zero-order chi connectivity index (χ0) is 16.2. The average molecular weight is 312 g/mol. The molecule has 0 aliphatic rings. The maximum Gasteiger partial charge on any atom is 0.236 e. The lowest BCUT2D eigenvalue weighted by atomic mass is 10.0. The van der Waals surface area contributed by atoms with Gasteiger partial charge in [-0.3, -0.25) is 9.00 Å². The van der Waals surface area contributed by atoms with Gasteiger partial charge in [0.15, 0.2) is 0 Å². The number of carbonyl (C=O) groups excluding carboxylic acids is 1. The van der Waals surface area contributed by atoms with E-state index in [4.69, 9.17) is 10.5 Å². The van der Waals surface area contributed by atoms with Crippen LogP contribution in [-0.4, -0.2) is 28.0 Å². The molecule has 1 amide bonds. The SMILES string of the molecule is CCC(C)(C)NC(=O)C(C)S(=O)c1ccc(N)cc1OC. The largest absolute Gasteiger partial charge is 0.495 e. The maximum atomic E-state index is 12.6. The molecule has 0 aliphatic heterocycles. The van der Waals surface area contributed by atoms with Gasteiger partial charge in [0.05, 0.1) is 22.8 Å². The van der Waals surface area contributed by atoms with Crippen LogP contribution in [0.25, 0.3) is 0 Å². The number of anilines is 1. The fourth-order valence-corrected chi connectivity index (χ4v) is 2.84. The molecule has 2 atom stereocenters. The first-order chi connectivity index (χ1) is 9.71. The second kappa shape index (κ2) is 6.93. The summed E-state index contributed by atoms with van der Waals surface area (Å²) in [5, 5.41) is 2.23. The second-order valence-electron chi connectivity index (χ2n) is 5.58. The molecule has 0 aliphatic carbocycles. The van der Waals surface area contributed by atoms with E-state index in [-0.39, 0.29) is 11.4 Å². The minimum atomic E-state index is -1.51. The highest BCUT2D eigenvalue weighted by molar-refractivity contribution is 7.86. The summed E-state index contributed by atoms with van der Waals surface area (Å²) in [7, 11) is -0.0207. The Morgan fingerprint density at radius 3 is 2.62 bits per heavy atom. The maximum absolute atomic E-state index is 12.6. The summed E-state index contributed by atoms with van der Waals surface area (Å²) in [4.78, 5) is 12.7. The van der Waals surface area contributed by atoms with Crippen LogP contribution in [-0.2, 0) is 15.6 Å². The number of methoxy groups -OCH3 is 1. The molecule has 0 heterocycles. The Bertz CT molecular complexity index is 544. The van der Waals surface area contributed by atoms with E-state index in [1.807, 2.05) is 20.8 Å². The lowest BCUT2D eigenvalue weighted by Crippen LogP contribution is -2.47. The number of amides is 1. The quantitative estimate of drug-likeness (QED) is 0.788. The van der Waals surface area contributed by atoms with Gasteiger partial charge in [-0.1, -0.05) is 6.92 Å². The van der Waals surface area contributed by atoms with Crippen LogP contribution in [0.5, 0.6) is 5.75 Å². The molecule has 0 aromatic heterocycles. The molecular formula is C15H24N2O3S. The Kier molecular flexibility index (Phi) is 5.78. The molecule has 0 radical (unpaired) electrons. The predicted molar refractivity (Wildman–Crippen MR) is 85.8 cm³/mol. The monoisotopic (exact) mass is 312 g/mol. The lowest BCUT2D eigenvalue weighted by molar-refractivity contribution is -0.121. The van der Waals surface area contributed by atoms with Crippen LogP contribution in [0.2, 0.25) is 0 Å². The highest BCUT2D eigenvalue weighted by Crippen LogP contribution is 2.26. The van der Waals surface area contributed by atoms with E-state index >= 15 is 0 Å². The van der Waals surface area contributed by atoms with Crippen molar-refractivity contribution in [1.29, 1.82) is 0 Å². The molecule has 5 nitrogen and oxygen atoms in total. The highest BCUT2D eigenvalue weighted by Gasteiger charge is 2.27. The number of nitrogens with one attached hydrogen (secondary N) is 1. The Morgan fingerprint density at radius 1 is 1.48 bits per heavy atom. The number of nitrogen functional groups attached to an aromatic ring is 1. The number of nitrogens with two attached hydrogens (primary N) is 1. The van der Waals surface area contributed by atoms with E-state index in [2.05, 4.69) is 5.32 Å². The highest BCUT2D eigenvalue weighted by atomic mass is 32.2. The van der Waals surface area contributed by atoms with E-state index in [1.54, 1.807) is 25.1 Å². The summed E-state index contributed by atoms with van der Waals surface area (Å²) in [6.07, 6.45) is 0.795. The second-order valence-corrected chi connectivity index (χ2v) is 7.32. The third-order valence-corrected chi connectivity index (χ3v) is 5.07. The van der Waals surface area contributed by atoms with E-state index in [9.17, 15) is 9.00 Å². The molecule has 0 saturated heterocycles. The summed E-state index contributed by atoms with van der Waals surface area (Å²) in [5.74, 6) is 0.196. The minimum absolute atomic E-state index is 0.237. The van der Waals surface area contributed by atoms with Crippen LogP contribution in [0.1, 0.15) is 34.1 Å². The van der Waals surface area contributed by atoms with Gasteiger partial charge in [-0.25, -0.2) is 0 Å². The van der Waals surface area contributed by atoms with Gasteiger partial charge >= 0.3 is 0 Å². The number of hydrogen-bond donors (Lipinski definition) is 2. The topological polar surface area (TPSA) is 81.4 Å². The van der Waals surface area contributed by atoms with E-state index < -0.39 is 16.0 Å². The molecule has 0 spiro atoms. The Balaban J connectivity index is 2.95. The van der Waals surface area contributed by atoms with Crippen molar-refractivity contribution in [3.63, 3.8) is 0 Å². The van der Waals surface area contributed by atoms with Crippen LogP contribution < -0.4 is 15.8 Å². The zero-order valence-electron chi connectivity index (χ0n) is 13.2. The fourth-order valence-electron chi connectivity index (χ4n) is 1.66. The molecule has 0 saturated carbocycles. The van der Waals surface area contributed by atoms with Gasteiger partial charge < -0.3 is 15.8 Å². The van der Waals surface area contributed by atoms with Crippen molar-refractivity contribution in [2.75, 3.05) is 12.8 Å².